The van der Waals surface area contributed by atoms with E-state index in [-0.39, 0.29) is 0 Å². The minimum absolute atomic E-state index is 0.702. The SMILES string of the molecule is [CH]c1ccccc1/C=N\OC. The van der Waals surface area contributed by atoms with Crippen molar-refractivity contribution in [3.63, 3.8) is 0 Å². The predicted octanol–water partition coefficient (Wildman–Crippen LogP) is 1.73. The van der Waals surface area contributed by atoms with E-state index in [1.807, 2.05) is 24.3 Å². The van der Waals surface area contributed by atoms with Crippen LogP contribution in [0, 0.1) is 6.92 Å². The van der Waals surface area contributed by atoms with Gasteiger partial charge < -0.3 is 4.84 Å². The fourth-order valence-electron chi connectivity index (χ4n) is 0.738. The molecule has 11 heavy (non-hydrogen) atoms. The summed E-state index contributed by atoms with van der Waals surface area (Å²) in [4.78, 5) is 4.51. The van der Waals surface area contributed by atoms with E-state index in [9.17, 15) is 0 Å². The molecular weight excluding hydrogens is 138 g/mol. The van der Waals surface area contributed by atoms with Crippen LogP contribution in [-0.2, 0) is 4.84 Å². The Morgan fingerprint density at radius 1 is 1.45 bits per heavy atom. The monoisotopic (exact) mass is 147 g/mol. The third kappa shape index (κ3) is 2.08. The Labute approximate surface area is 66.5 Å². The highest BCUT2D eigenvalue weighted by atomic mass is 16.6. The van der Waals surface area contributed by atoms with Crippen molar-refractivity contribution in [1.29, 1.82) is 0 Å². The molecule has 2 heteroatoms. The Balaban J connectivity index is 2.86. The number of hydrogen-bond acceptors (Lipinski definition) is 2. The summed E-state index contributed by atoms with van der Waals surface area (Å²) in [5, 5.41) is 3.60. The van der Waals surface area contributed by atoms with Gasteiger partial charge in [-0.2, -0.15) is 0 Å². The lowest BCUT2D eigenvalue weighted by atomic mass is 10.1. The first-order valence-corrected chi connectivity index (χ1v) is 3.25. The maximum Gasteiger partial charge on any atom is 0.106 e. The zero-order valence-corrected chi connectivity index (χ0v) is 6.32. The number of hydrogen-bond donors (Lipinski definition) is 0. The molecule has 0 aliphatic heterocycles. The Hall–Kier alpha value is -1.31. The molecule has 0 atom stereocenters. The normalized spacial score (nSPS) is 10.4. The van der Waals surface area contributed by atoms with E-state index in [1.165, 1.54) is 7.11 Å². The van der Waals surface area contributed by atoms with Crippen LogP contribution in [0.15, 0.2) is 29.4 Å². The van der Waals surface area contributed by atoms with Gasteiger partial charge in [-0.05, 0) is 18.1 Å². The van der Waals surface area contributed by atoms with Crippen LogP contribution in [0.25, 0.3) is 0 Å². The lowest BCUT2D eigenvalue weighted by Crippen LogP contribution is -1.85. The van der Waals surface area contributed by atoms with Crippen LogP contribution >= 0.6 is 0 Å². The van der Waals surface area contributed by atoms with Crippen molar-refractivity contribution >= 4 is 6.21 Å². The zero-order chi connectivity index (χ0) is 8.10. The summed E-state index contributed by atoms with van der Waals surface area (Å²) in [5.74, 6) is 0. The summed E-state index contributed by atoms with van der Waals surface area (Å²) in [7, 11) is 1.50. The first-order valence-electron chi connectivity index (χ1n) is 3.25. The number of rotatable bonds is 2. The van der Waals surface area contributed by atoms with Gasteiger partial charge in [-0.25, -0.2) is 0 Å². The van der Waals surface area contributed by atoms with Crippen molar-refractivity contribution in [2.24, 2.45) is 5.16 Å². The Morgan fingerprint density at radius 2 is 2.18 bits per heavy atom. The van der Waals surface area contributed by atoms with Gasteiger partial charge in [0.15, 0.2) is 0 Å². The van der Waals surface area contributed by atoms with E-state index >= 15 is 0 Å². The molecule has 2 radical (unpaired) electrons. The molecule has 56 valence electrons. The Kier molecular flexibility index (Phi) is 2.66. The smallest absolute Gasteiger partial charge is 0.106 e. The van der Waals surface area contributed by atoms with E-state index in [0.29, 0.717) is 5.56 Å². The molecule has 0 saturated heterocycles. The molecule has 0 fully saturated rings. The van der Waals surface area contributed by atoms with Crippen molar-refractivity contribution < 1.29 is 4.84 Å². The molecule has 1 aromatic carbocycles. The second-order valence-corrected chi connectivity index (χ2v) is 2.05. The zero-order valence-electron chi connectivity index (χ0n) is 6.32. The van der Waals surface area contributed by atoms with Gasteiger partial charge in [-0.3, -0.25) is 0 Å². The second-order valence-electron chi connectivity index (χ2n) is 2.05. The van der Waals surface area contributed by atoms with Crippen molar-refractivity contribution in [2.45, 2.75) is 0 Å². The van der Waals surface area contributed by atoms with E-state index in [2.05, 4.69) is 9.99 Å². The van der Waals surface area contributed by atoms with Crippen LogP contribution in [0.3, 0.4) is 0 Å². The first-order chi connectivity index (χ1) is 5.34. The summed E-state index contributed by atoms with van der Waals surface area (Å²) < 4.78 is 0. The average molecular weight is 147 g/mol. The van der Waals surface area contributed by atoms with Crippen LogP contribution < -0.4 is 0 Å². The second kappa shape index (κ2) is 3.76. The van der Waals surface area contributed by atoms with Crippen LogP contribution in [0.4, 0.5) is 0 Å². The molecule has 0 N–H and O–H groups in total. The molecule has 0 aromatic heterocycles. The molecule has 0 heterocycles. The fourth-order valence-corrected chi connectivity index (χ4v) is 0.738. The molecule has 0 amide bonds. The number of oxime groups is 1. The lowest BCUT2D eigenvalue weighted by Gasteiger charge is -1.95. The molecule has 0 spiro atoms. The van der Waals surface area contributed by atoms with Gasteiger partial charge in [0.1, 0.15) is 7.11 Å². The third-order valence-electron chi connectivity index (χ3n) is 1.29. The summed E-state index contributed by atoms with van der Waals surface area (Å²) >= 11 is 0. The van der Waals surface area contributed by atoms with Gasteiger partial charge >= 0.3 is 0 Å². The maximum atomic E-state index is 5.61. The van der Waals surface area contributed by atoms with Gasteiger partial charge in [-0.1, -0.05) is 29.4 Å². The van der Waals surface area contributed by atoms with E-state index in [1.54, 1.807) is 6.21 Å². The maximum absolute atomic E-state index is 5.61. The minimum atomic E-state index is 0.702. The number of benzene rings is 1. The van der Waals surface area contributed by atoms with Crippen LogP contribution in [-0.4, -0.2) is 13.3 Å². The van der Waals surface area contributed by atoms with Crippen LogP contribution in [0.1, 0.15) is 11.1 Å². The summed E-state index contributed by atoms with van der Waals surface area (Å²) in [6, 6.07) is 7.46. The molecule has 0 bridgehead atoms. The van der Waals surface area contributed by atoms with Gasteiger partial charge in [0, 0.05) is 0 Å². The summed E-state index contributed by atoms with van der Waals surface area (Å²) in [6.07, 6.45) is 1.58. The lowest BCUT2D eigenvalue weighted by molar-refractivity contribution is 0.215. The highest BCUT2D eigenvalue weighted by Gasteiger charge is 1.90. The van der Waals surface area contributed by atoms with Crippen molar-refractivity contribution in [1.82, 2.24) is 0 Å². The Bertz CT molecular complexity index is 255. The van der Waals surface area contributed by atoms with E-state index in [4.69, 9.17) is 6.92 Å². The highest BCUT2D eigenvalue weighted by Crippen LogP contribution is 2.03. The summed E-state index contributed by atoms with van der Waals surface area (Å²) in [6.45, 7) is 5.61. The standard InChI is InChI=1S/C9H9NO/c1-8-5-3-4-6-9(8)7-10-11-2/h1,3-7H,2H3/b10-7-. The van der Waals surface area contributed by atoms with E-state index in [0.717, 1.165) is 5.56 Å². The molecule has 0 saturated carbocycles. The average Bonchev–Trinajstić information content (AvgIpc) is 2.03. The molecule has 2 nitrogen and oxygen atoms in total. The van der Waals surface area contributed by atoms with Crippen molar-refractivity contribution in [3.8, 4) is 0 Å². The first kappa shape index (κ1) is 7.79. The highest BCUT2D eigenvalue weighted by molar-refractivity contribution is 5.81. The van der Waals surface area contributed by atoms with Crippen molar-refractivity contribution in [2.75, 3.05) is 7.11 Å². The fraction of sp³-hybridized carbons (Fsp3) is 0.111. The molecule has 0 aliphatic carbocycles. The van der Waals surface area contributed by atoms with Gasteiger partial charge in [0.2, 0.25) is 0 Å². The molecular formula is C9H9NO. The van der Waals surface area contributed by atoms with Gasteiger partial charge in [0.25, 0.3) is 0 Å². The molecule has 0 unspecified atom stereocenters. The minimum Gasteiger partial charge on any atom is -0.399 e. The Morgan fingerprint density at radius 3 is 2.82 bits per heavy atom. The topological polar surface area (TPSA) is 21.6 Å². The third-order valence-corrected chi connectivity index (χ3v) is 1.29. The van der Waals surface area contributed by atoms with Gasteiger partial charge in [-0.15, -0.1) is 0 Å². The predicted molar refractivity (Wildman–Crippen MR) is 44.4 cm³/mol. The van der Waals surface area contributed by atoms with Crippen LogP contribution in [0.5, 0.6) is 0 Å². The molecule has 1 aromatic rings. The van der Waals surface area contributed by atoms with Gasteiger partial charge in [0.05, 0.1) is 6.21 Å². The van der Waals surface area contributed by atoms with Crippen LogP contribution in [0.2, 0.25) is 0 Å². The molecule has 1 rings (SSSR count). The largest absolute Gasteiger partial charge is 0.399 e. The van der Waals surface area contributed by atoms with E-state index < -0.39 is 0 Å². The summed E-state index contributed by atoms with van der Waals surface area (Å²) in [5.41, 5.74) is 1.57. The van der Waals surface area contributed by atoms with Crippen molar-refractivity contribution in [3.05, 3.63) is 42.3 Å². The number of nitrogens with zero attached hydrogens (tertiary/aromatic N) is 1. The molecule has 0 aliphatic rings. The quantitative estimate of drug-likeness (QED) is 0.461.